The molecule has 0 saturated heterocycles. The Hall–Kier alpha value is -2.62. The Bertz CT molecular complexity index is 616. The maximum Gasteiger partial charge on any atom is 0.226 e. The van der Waals surface area contributed by atoms with Crippen LogP contribution in [0.25, 0.3) is 0 Å². The van der Waals surface area contributed by atoms with Gasteiger partial charge in [0, 0.05) is 0 Å². The second kappa shape index (κ2) is 11.1. The highest BCUT2D eigenvalue weighted by Gasteiger charge is 2.15. The van der Waals surface area contributed by atoms with Gasteiger partial charge in [-0.2, -0.15) is 0 Å². The van der Waals surface area contributed by atoms with E-state index in [0.717, 1.165) is 36.8 Å². The number of rotatable bonds is 10. The average molecular weight is 352 g/mol. The number of hydrogen-bond donors (Lipinski definition) is 2. The van der Waals surface area contributed by atoms with E-state index in [4.69, 9.17) is 0 Å². The van der Waals surface area contributed by atoms with Gasteiger partial charge in [0.1, 0.15) is 6.17 Å². The number of carbonyl (C=O) groups is 2. The lowest BCUT2D eigenvalue weighted by Crippen LogP contribution is -2.48. The molecule has 0 unspecified atom stereocenters. The van der Waals surface area contributed by atoms with E-state index in [1.165, 1.54) is 0 Å². The number of nitrogens with one attached hydrogen (secondary N) is 2. The summed E-state index contributed by atoms with van der Waals surface area (Å²) in [5, 5.41) is 5.94. The van der Waals surface area contributed by atoms with Crippen LogP contribution in [-0.2, 0) is 22.4 Å². The van der Waals surface area contributed by atoms with E-state index in [1.807, 2.05) is 60.7 Å². The minimum atomic E-state index is -0.325. The topological polar surface area (TPSA) is 58.2 Å². The third-order valence-electron chi connectivity index (χ3n) is 4.18. The van der Waals surface area contributed by atoms with Crippen LogP contribution in [-0.4, -0.2) is 18.0 Å². The zero-order valence-corrected chi connectivity index (χ0v) is 15.4. The second-order valence-corrected chi connectivity index (χ2v) is 6.51. The Labute approximate surface area is 156 Å². The molecule has 0 aromatic heterocycles. The Morgan fingerprint density at radius 3 is 1.65 bits per heavy atom. The summed E-state index contributed by atoms with van der Waals surface area (Å²) < 4.78 is 0. The molecule has 2 rings (SSSR count). The summed E-state index contributed by atoms with van der Waals surface area (Å²) in [5.74, 6) is -0.143. The van der Waals surface area contributed by atoms with Gasteiger partial charge in [0.05, 0.1) is 12.8 Å². The molecular formula is C22H28N2O2. The molecule has 4 nitrogen and oxygen atoms in total. The molecule has 26 heavy (non-hydrogen) atoms. The van der Waals surface area contributed by atoms with Gasteiger partial charge >= 0.3 is 0 Å². The summed E-state index contributed by atoms with van der Waals surface area (Å²) in [6.07, 6.45) is 4.21. The molecule has 2 N–H and O–H groups in total. The summed E-state index contributed by atoms with van der Waals surface area (Å²) in [5.41, 5.74) is 1.93. The lowest BCUT2D eigenvalue weighted by molar-refractivity contribution is -0.123. The molecule has 138 valence electrons. The average Bonchev–Trinajstić information content (AvgIpc) is 2.63. The first-order valence-electron chi connectivity index (χ1n) is 9.34. The van der Waals surface area contributed by atoms with Crippen molar-refractivity contribution in [2.45, 2.75) is 51.6 Å². The van der Waals surface area contributed by atoms with Crippen LogP contribution in [0.4, 0.5) is 0 Å². The molecule has 0 bridgehead atoms. The SMILES string of the molecule is CCCCCC(NC(=O)Cc1ccccc1)NC(=O)Cc1ccccc1. The van der Waals surface area contributed by atoms with Crippen molar-refractivity contribution in [2.75, 3.05) is 0 Å². The second-order valence-electron chi connectivity index (χ2n) is 6.51. The molecule has 4 heteroatoms. The summed E-state index contributed by atoms with van der Waals surface area (Å²) in [4.78, 5) is 24.7. The van der Waals surface area contributed by atoms with Gasteiger partial charge in [-0.3, -0.25) is 9.59 Å². The molecule has 2 amide bonds. The molecule has 0 saturated carbocycles. The van der Waals surface area contributed by atoms with Gasteiger partial charge in [-0.25, -0.2) is 0 Å². The first-order chi connectivity index (χ1) is 12.7. The number of hydrogen-bond acceptors (Lipinski definition) is 2. The molecule has 0 radical (unpaired) electrons. The minimum absolute atomic E-state index is 0.0716. The predicted molar refractivity (Wildman–Crippen MR) is 105 cm³/mol. The van der Waals surface area contributed by atoms with E-state index >= 15 is 0 Å². The molecule has 0 heterocycles. The van der Waals surface area contributed by atoms with Crippen molar-refractivity contribution in [1.29, 1.82) is 0 Å². The van der Waals surface area contributed by atoms with E-state index in [-0.39, 0.29) is 18.0 Å². The summed E-state index contributed by atoms with van der Waals surface area (Å²) >= 11 is 0. The van der Waals surface area contributed by atoms with E-state index in [9.17, 15) is 9.59 Å². The molecule has 0 fully saturated rings. The Balaban J connectivity index is 1.89. The fourth-order valence-electron chi connectivity index (χ4n) is 2.83. The smallest absolute Gasteiger partial charge is 0.226 e. The van der Waals surface area contributed by atoms with Gasteiger partial charge in [-0.05, 0) is 24.0 Å². The quantitative estimate of drug-likeness (QED) is 0.507. The van der Waals surface area contributed by atoms with Crippen molar-refractivity contribution >= 4 is 11.8 Å². The van der Waals surface area contributed by atoms with Crippen molar-refractivity contribution < 1.29 is 9.59 Å². The van der Waals surface area contributed by atoms with Crippen LogP contribution in [0.5, 0.6) is 0 Å². The van der Waals surface area contributed by atoms with Crippen LogP contribution in [0, 0.1) is 0 Å². The highest BCUT2D eigenvalue weighted by Crippen LogP contribution is 2.05. The molecule has 2 aromatic rings. The van der Waals surface area contributed by atoms with E-state index < -0.39 is 0 Å². The largest absolute Gasteiger partial charge is 0.336 e. The van der Waals surface area contributed by atoms with Crippen LogP contribution in [0.15, 0.2) is 60.7 Å². The number of amides is 2. The maximum absolute atomic E-state index is 12.3. The van der Waals surface area contributed by atoms with Crippen LogP contribution in [0.1, 0.15) is 43.7 Å². The van der Waals surface area contributed by atoms with Crippen LogP contribution >= 0.6 is 0 Å². The lowest BCUT2D eigenvalue weighted by atomic mass is 10.1. The summed E-state index contributed by atoms with van der Waals surface area (Å²) in [7, 11) is 0. The van der Waals surface area contributed by atoms with Crippen LogP contribution in [0.2, 0.25) is 0 Å². The fraction of sp³-hybridized carbons (Fsp3) is 0.364. The van der Waals surface area contributed by atoms with Crippen molar-refractivity contribution in [1.82, 2.24) is 10.6 Å². The van der Waals surface area contributed by atoms with Gasteiger partial charge in [0.2, 0.25) is 11.8 Å². The molecule has 0 spiro atoms. The van der Waals surface area contributed by atoms with E-state index in [1.54, 1.807) is 0 Å². The summed E-state index contributed by atoms with van der Waals surface area (Å²) in [6.45, 7) is 2.14. The third kappa shape index (κ3) is 7.51. The minimum Gasteiger partial charge on any atom is -0.336 e. The van der Waals surface area contributed by atoms with Gasteiger partial charge < -0.3 is 10.6 Å². The monoisotopic (exact) mass is 352 g/mol. The Morgan fingerprint density at radius 2 is 1.23 bits per heavy atom. The lowest BCUT2D eigenvalue weighted by Gasteiger charge is -2.20. The molecule has 0 aliphatic heterocycles. The first kappa shape index (κ1) is 19.7. The predicted octanol–water partition coefficient (Wildman–Crippen LogP) is 3.61. The standard InChI is InChI=1S/C22H28N2O2/c1-2-3-6-15-20(23-21(25)16-18-11-7-4-8-12-18)24-22(26)17-19-13-9-5-10-14-19/h4-5,7-14,20H,2-3,6,15-17H2,1H3,(H,23,25)(H,24,26). The number of benzene rings is 2. The zero-order chi connectivity index (χ0) is 18.6. The fourth-order valence-corrected chi connectivity index (χ4v) is 2.83. The highest BCUT2D eigenvalue weighted by atomic mass is 16.2. The van der Waals surface area contributed by atoms with Gasteiger partial charge in [-0.1, -0.05) is 80.4 Å². The number of carbonyl (C=O) groups excluding carboxylic acids is 2. The zero-order valence-electron chi connectivity index (χ0n) is 15.4. The maximum atomic E-state index is 12.3. The van der Waals surface area contributed by atoms with Crippen molar-refractivity contribution in [2.24, 2.45) is 0 Å². The van der Waals surface area contributed by atoms with Crippen molar-refractivity contribution in [3.63, 3.8) is 0 Å². The molecule has 0 atom stereocenters. The normalized spacial score (nSPS) is 10.5. The van der Waals surface area contributed by atoms with Crippen LogP contribution < -0.4 is 10.6 Å². The first-order valence-corrected chi connectivity index (χ1v) is 9.34. The molecule has 2 aromatic carbocycles. The highest BCUT2D eigenvalue weighted by molar-refractivity contribution is 5.81. The van der Waals surface area contributed by atoms with E-state index in [0.29, 0.717) is 12.8 Å². The molecule has 0 aliphatic rings. The molecular weight excluding hydrogens is 324 g/mol. The Morgan fingerprint density at radius 1 is 0.769 bits per heavy atom. The summed E-state index contributed by atoms with van der Waals surface area (Å²) in [6, 6.07) is 19.3. The molecule has 0 aliphatic carbocycles. The van der Waals surface area contributed by atoms with Gasteiger partial charge in [-0.15, -0.1) is 0 Å². The Kier molecular flexibility index (Phi) is 8.40. The van der Waals surface area contributed by atoms with Crippen molar-refractivity contribution in [3.05, 3.63) is 71.8 Å². The van der Waals surface area contributed by atoms with E-state index in [2.05, 4.69) is 17.6 Å². The number of unbranched alkanes of at least 4 members (excludes halogenated alkanes) is 2. The van der Waals surface area contributed by atoms with Gasteiger partial charge in [0.15, 0.2) is 0 Å². The van der Waals surface area contributed by atoms with Gasteiger partial charge in [0.25, 0.3) is 0 Å². The third-order valence-corrected chi connectivity index (χ3v) is 4.18. The van der Waals surface area contributed by atoms with Crippen molar-refractivity contribution in [3.8, 4) is 0 Å². The van der Waals surface area contributed by atoms with Crippen LogP contribution in [0.3, 0.4) is 0 Å².